The van der Waals surface area contributed by atoms with Crippen molar-refractivity contribution in [3.63, 3.8) is 0 Å². The molecule has 0 aromatic heterocycles. The molecule has 22 heavy (non-hydrogen) atoms. The second-order valence-corrected chi connectivity index (χ2v) is 5.67. The minimum atomic E-state index is -0.275. The standard InChI is InChI=1S/C19H23FO2/c1-13-10-18(20)11-19(14(13)2)22-16(4)15(3)21-12-17-8-6-5-7-9-17/h5-11,15-16H,12H2,1-4H3. The molecular weight excluding hydrogens is 279 g/mol. The smallest absolute Gasteiger partial charge is 0.127 e. The molecule has 0 saturated heterocycles. The second kappa shape index (κ2) is 7.41. The van der Waals surface area contributed by atoms with Crippen LogP contribution >= 0.6 is 0 Å². The zero-order chi connectivity index (χ0) is 16.1. The topological polar surface area (TPSA) is 18.5 Å². The molecule has 2 nitrogen and oxygen atoms in total. The third kappa shape index (κ3) is 4.31. The predicted octanol–water partition coefficient (Wildman–Crippen LogP) is 4.82. The van der Waals surface area contributed by atoms with Crippen molar-refractivity contribution in [1.29, 1.82) is 0 Å². The van der Waals surface area contributed by atoms with Crippen LogP contribution in [0.5, 0.6) is 5.75 Å². The Morgan fingerprint density at radius 2 is 1.68 bits per heavy atom. The zero-order valence-corrected chi connectivity index (χ0v) is 13.6. The molecule has 2 unspecified atom stereocenters. The van der Waals surface area contributed by atoms with Gasteiger partial charge < -0.3 is 9.47 Å². The van der Waals surface area contributed by atoms with Gasteiger partial charge >= 0.3 is 0 Å². The van der Waals surface area contributed by atoms with Gasteiger partial charge in [0.2, 0.25) is 0 Å². The molecule has 118 valence electrons. The van der Waals surface area contributed by atoms with Gasteiger partial charge in [-0.05, 0) is 50.5 Å². The summed E-state index contributed by atoms with van der Waals surface area (Å²) in [5, 5.41) is 0. The average Bonchev–Trinajstić information content (AvgIpc) is 2.50. The lowest BCUT2D eigenvalue weighted by Gasteiger charge is -2.23. The first-order valence-corrected chi connectivity index (χ1v) is 7.56. The molecule has 2 atom stereocenters. The lowest BCUT2D eigenvalue weighted by Crippen LogP contribution is -2.29. The fraction of sp³-hybridized carbons (Fsp3) is 0.368. The van der Waals surface area contributed by atoms with Gasteiger partial charge in [0.1, 0.15) is 17.7 Å². The van der Waals surface area contributed by atoms with Gasteiger partial charge in [-0.3, -0.25) is 0 Å². The first-order chi connectivity index (χ1) is 10.5. The van der Waals surface area contributed by atoms with E-state index >= 15 is 0 Å². The van der Waals surface area contributed by atoms with Crippen molar-refractivity contribution in [3.05, 3.63) is 65.0 Å². The predicted molar refractivity (Wildman–Crippen MR) is 86.7 cm³/mol. The third-order valence-corrected chi connectivity index (χ3v) is 3.91. The van der Waals surface area contributed by atoms with Crippen LogP contribution in [0.4, 0.5) is 4.39 Å². The molecule has 0 spiro atoms. The SMILES string of the molecule is Cc1cc(F)cc(OC(C)C(C)OCc2ccccc2)c1C. The van der Waals surface area contributed by atoms with Crippen LogP contribution < -0.4 is 4.74 Å². The van der Waals surface area contributed by atoms with E-state index in [1.54, 1.807) is 0 Å². The third-order valence-electron chi connectivity index (χ3n) is 3.91. The Kier molecular flexibility index (Phi) is 5.56. The normalized spacial score (nSPS) is 13.7. The van der Waals surface area contributed by atoms with E-state index < -0.39 is 0 Å². The summed E-state index contributed by atoms with van der Waals surface area (Å²) in [4.78, 5) is 0. The van der Waals surface area contributed by atoms with E-state index in [-0.39, 0.29) is 18.0 Å². The lowest BCUT2D eigenvalue weighted by atomic mass is 10.1. The summed E-state index contributed by atoms with van der Waals surface area (Å²) in [5.41, 5.74) is 2.97. The van der Waals surface area contributed by atoms with E-state index in [1.165, 1.54) is 12.1 Å². The van der Waals surface area contributed by atoms with Crippen LogP contribution in [0.2, 0.25) is 0 Å². The summed E-state index contributed by atoms with van der Waals surface area (Å²) in [6.07, 6.45) is -0.258. The van der Waals surface area contributed by atoms with E-state index in [0.29, 0.717) is 12.4 Å². The largest absolute Gasteiger partial charge is 0.488 e. The van der Waals surface area contributed by atoms with E-state index in [9.17, 15) is 4.39 Å². The minimum absolute atomic E-state index is 0.0943. The molecule has 3 heteroatoms. The molecule has 0 aliphatic carbocycles. The highest BCUT2D eigenvalue weighted by Gasteiger charge is 2.16. The van der Waals surface area contributed by atoms with Gasteiger partial charge in [0, 0.05) is 6.07 Å². The van der Waals surface area contributed by atoms with Crippen LogP contribution in [-0.2, 0) is 11.3 Å². The van der Waals surface area contributed by atoms with Crippen molar-refractivity contribution in [2.75, 3.05) is 0 Å². The number of aryl methyl sites for hydroxylation is 1. The number of hydrogen-bond donors (Lipinski definition) is 0. The summed E-state index contributed by atoms with van der Waals surface area (Å²) in [6, 6.07) is 13.0. The zero-order valence-electron chi connectivity index (χ0n) is 13.6. The van der Waals surface area contributed by atoms with E-state index in [2.05, 4.69) is 0 Å². The van der Waals surface area contributed by atoms with Crippen LogP contribution in [0.25, 0.3) is 0 Å². The van der Waals surface area contributed by atoms with Gasteiger partial charge in [0.25, 0.3) is 0 Å². The Balaban J connectivity index is 1.95. The van der Waals surface area contributed by atoms with Gasteiger partial charge in [0.15, 0.2) is 0 Å². The summed E-state index contributed by atoms with van der Waals surface area (Å²) in [7, 11) is 0. The van der Waals surface area contributed by atoms with Crippen LogP contribution in [0.1, 0.15) is 30.5 Å². The Hall–Kier alpha value is -1.87. The summed E-state index contributed by atoms with van der Waals surface area (Å²) >= 11 is 0. The monoisotopic (exact) mass is 302 g/mol. The molecule has 0 aliphatic rings. The van der Waals surface area contributed by atoms with E-state index in [1.807, 2.05) is 58.0 Å². The van der Waals surface area contributed by atoms with Crippen molar-refractivity contribution in [1.82, 2.24) is 0 Å². The fourth-order valence-electron chi connectivity index (χ4n) is 2.14. The van der Waals surface area contributed by atoms with Crippen molar-refractivity contribution >= 4 is 0 Å². The molecular formula is C19H23FO2. The maximum atomic E-state index is 13.5. The highest BCUT2D eigenvalue weighted by Crippen LogP contribution is 2.25. The maximum Gasteiger partial charge on any atom is 0.127 e. The number of halogens is 1. The highest BCUT2D eigenvalue weighted by molar-refractivity contribution is 5.39. The Morgan fingerprint density at radius 3 is 2.36 bits per heavy atom. The summed E-state index contributed by atoms with van der Waals surface area (Å²) in [5.74, 6) is 0.309. The van der Waals surface area contributed by atoms with Crippen molar-refractivity contribution < 1.29 is 13.9 Å². The first-order valence-electron chi connectivity index (χ1n) is 7.56. The number of ether oxygens (including phenoxy) is 2. The molecule has 0 saturated carbocycles. The Labute approximate surface area is 131 Å². The van der Waals surface area contributed by atoms with Crippen molar-refractivity contribution in [2.45, 2.75) is 46.5 Å². The molecule has 0 bridgehead atoms. The Morgan fingerprint density at radius 1 is 1.00 bits per heavy atom. The fourth-order valence-corrected chi connectivity index (χ4v) is 2.14. The van der Waals surface area contributed by atoms with Gasteiger partial charge in [-0.25, -0.2) is 4.39 Å². The summed E-state index contributed by atoms with van der Waals surface area (Å²) in [6.45, 7) is 8.26. The molecule has 0 heterocycles. The molecule has 0 amide bonds. The van der Waals surface area contributed by atoms with Gasteiger partial charge in [-0.1, -0.05) is 30.3 Å². The highest BCUT2D eigenvalue weighted by atomic mass is 19.1. The molecule has 2 aromatic carbocycles. The molecule has 0 fully saturated rings. The lowest BCUT2D eigenvalue weighted by molar-refractivity contribution is -0.0167. The van der Waals surface area contributed by atoms with Gasteiger partial charge in [-0.15, -0.1) is 0 Å². The van der Waals surface area contributed by atoms with Crippen molar-refractivity contribution in [2.24, 2.45) is 0 Å². The maximum absolute atomic E-state index is 13.5. The van der Waals surface area contributed by atoms with Crippen LogP contribution in [0, 0.1) is 19.7 Å². The molecule has 2 rings (SSSR count). The molecule has 0 aliphatic heterocycles. The quantitative estimate of drug-likeness (QED) is 0.762. The van der Waals surface area contributed by atoms with Crippen molar-refractivity contribution in [3.8, 4) is 5.75 Å². The van der Waals surface area contributed by atoms with E-state index in [0.717, 1.165) is 16.7 Å². The first kappa shape index (κ1) is 16.5. The molecule has 0 radical (unpaired) electrons. The van der Waals surface area contributed by atoms with Gasteiger partial charge in [-0.2, -0.15) is 0 Å². The summed E-state index contributed by atoms with van der Waals surface area (Å²) < 4.78 is 25.3. The number of rotatable bonds is 6. The number of hydrogen-bond acceptors (Lipinski definition) is 2. The molecule has 0 N–H and O–H groups in total. The second-order valence-electron chi connectivity index (χ2n) is 5.67. The van der Waals surface area contributed by atoms with Crippen LogP contribution in [-0.4, -0.2) is 12.2 Å². The van der Waals surface area contributed by atoms with E-state index in [4.69, 9.17) is 9.47 Å². The van der Waals surface area contributed by atoms with Crippen LogP contribution in [0.3, 0.4) is 0 Å². The Bertz CT molecular complexity index is 610. The number of benzene rings is 2. The average molecular weight is 302 g/mol. The molecule has 2 aromatic rings. The van der Waals surface area contributed by atoms with Gasteiger partial charge in [0.05, 0.1) is 12.7 Å². The minimum Gasteiger partial charge on any atom is -0.488 e. The van der Waals surface area contributed by atoms with Crippen LogP contribution in [0.15, 0.2) is 42.5 Å².